The molecule has 0 amide bonds. The first-order valence-electron chi connectivity index (χ1n) is 6.93. The maximum absolute atomic E-state index is 6.09. The van der Waals surface area contributed by atoms with Crippen LogP contribution in [-0.2, 0) is 4.74 Å². The van der Waals surface area contributed by atoms with E-state index in [0.29, 0.717) is 5.69 Å². The Labute approximate surface area is 116 Å². The number of methoxy groups -OCH3 is 1. The van der Waals surface area contributed by atoms with Gasteiger partial charge in [0.15, 0.2) is 0 Å². The van der Waals surface area contributed by atoms with Gasteiger partial charge in [0.1, 0.15) is 5.75 Å². The summed E-state index contributed by atoms with van der Waals surface area (Å²) in [6, 6.07) is 5.85. The summed E-state index contributed by atoms with van der Waals surface area (Å²) in [5.41, 5.74) is 7.72. The number of nitrogens with one attached hydrogen (secondary N) is 1. The van der Waals surface area contributed by atoms with Crippen molar-refractivity contribution in [3.8, 4) is 5.75 Å². The van der Waals surface area contributed by atoms with Crippen LogP contribution in [0, 0.1) is 0 Å². The summed E-state index contributed by atoms with van der Waals surface area (Å²) in [5.74, 6) is 0.749. The topological polar surface area (TPSA) is 56.5 Å². The van der Waals surface area contributed by atoms with Crippen LogP contribution in [0.25, 0.3) is 0 Å². The zero-order valence-electron chi connectivity index (χ0n) is 12.2. The lowest BCUT2D eigenvalue weighted by Crippen LogP contribution is -2.10. The van der Waals surface area contributed by atoms with Crippen LogP contribution >= 0.6 is 0 Å². The molecule has 0 bridgehead atoms. The second-order valence-corrected chi connectivity index (χ2v) is 4.86. The molecular formula is C15H26N2O2. The van der Waals surface area contributed by atoms with Gasteiger partial charge in [0.05, 0.1) is 17.5 Å². The molecule has 0 heterocycles. The minimum atomic E-state index is 0.131. The maximum Gasteiger partial charge on any atom is 0.144 e. The van der Waals surface area contributed by atoms with Gasteiger partial charge >= 0.3 is 0 Å². The van der Waals surface area contributed by atoms with Crippen LogP contribution in [0.2, 0.25) is 0 Å². The highest BCUT2D eigenvalue weighted by Crippen LogP contribution is 2.30. The fourth-order valence-corrected chi connectivity index (χ4v) is 1.83. The maximum atomic E-state index is 6.09. The van der Waals surface area contributed by atoms with Gasteiger partial charge in [-0.25, -0.2) is 0 Å². The SMILES string of the molecule is COCCCCCNc1cccc(OC(C)C)c1N. The molecule has 108 valence electrons. The minimum Gasteiger partial charge on any atom is -0.489 e. The van der Waals surface area contributed by atoms with Gasteiger partial charge in [-0.15, -0.1) is 0 Å². The number of rotatable bonds is 9. The fraction of sp³-hybridized carbons (Fsp3) is 0.600. The Morgan fingerprint density at radius 1 is 1.21 bits per heavy atom. The number of hydrogen-bond donors (Lipinski definition) is 2. The van der Waals surface area contributed by atoms with Gasteiger partial charge < -0.3 is 20.5 Å². The average molecular weight is 266 g/mol. The Kier molecular flexibility index (Phi) is 7.11. The summed E-state index contributed by atoms with van der Waals surface area (Å²) >= 11 is 0. The van der Waals surface area contributed by atoms with E-state index in [-0.39, 0.29) is 6.10 Å². The van der Waals surface area contributed by atoms with Gasteiger partial charge in [0.2, 0.25) is 0 Å². The van der Waals surface area contributed by atoms with Crippen molar-refractivity contribution in [3.05, 3.63) is 18.2 Å². The predicted octanol–water partition coefficient (Wildman–Crippen LogP) is 3.28. The van der Waals surface area contributed by atoms with E-state index in [1.165, 1.54) is 0 Å². The molecule has 1 aromatic carbocycles. The molecule has 19 heavy (non-hydrogen) atoms. The minimum absolute atomic E-state index is 0.131. The van der Waals surface area contributed by atoms with Crippen molar-refractivity contribution in [3.63, 3.8) is 0 Å². The molecule has 0 spiro atoms. The standard InChI is InChI=1S/C15H26N2O2/c1-12(2)19-14-9-7-8-13(15(14)16)17-10-5-4-6-11-18-3/h7-9,12,17H,4-6,10-11,16H2,1-3H3. The summed E-state index contributed by atoms with van der Waals surface area (Å²) in [7, 11) is 1.74. The lowest BCUT2D eigenvalue weighted by Gasteiger charge is -2.15. The third-order valence-electron chi connectivity index (χ3n) is 2.77. The monoisotopic (exact) mass is 266 g/mol. The first kappa shape index (κ1) is 15.6. The van der Waals surface area contributed by atoms with Crippen LogP contribution in [-0.4, -0.2) is 26.4 Å². The van der Waals surface area contributed by atoms with E-state index in [4.69, 9.17) is 15.2 Å². The van der Waals surface area contributed by atoms with Crippen LogP contribution in [0.3, 0.4) is 0 Å². The van der Waals surface area contributed by atoms with E-state index in [2.05, 4.69) is 5.32 Å². The molecule has 0 aliphatic heterocycles. The molecule has 0 aromatic heterocycles. The molecule has 4 heteroatoms. The van der Waals surface area contributed by atoms with Crippen molar-refractivity contribution >= 4 is 11.4 Å². The van der Waals surface area contributed by atoms with Crippen LogP contribution in [0.15, 0.2) is 18.2 Å². The van der Waals surface area contributed by atoms with Crippen LogP contribution < -0.4 is 15.8 Å². The Morgan fingerprint density at radius 2 is 2.00 bits per heavy atom. The highest BCUT2D eigenvalue weighted by molar-refractivity contribution is 5.72. The molecule has 0 aliphatic rings. The molecule has 0 atom stereocenters. The first-order valence-corrected chi connectivity index (χ1v) is 6.93. The fourth-order valence-electron chi connectivity index (χ4n) is 1.83. The largest absolute Gasteiger partial charge is 0.489 e. The number of benzene rings is 1. The van der Waals surface area contributed by atoms with Gasteiger partial charge in [-0.3, -0.25) is 0 Å². The quantitative estimate of drug-likeness (QED) is 0.532. The van der Waals surface area contributed by atoms with Gasteiger partial charge in [-0.05, 0) is 45.2 Å². The summed E-state index contributed by atoms with van der Waals surface area (Å²) in [5, 5.41) is 3.36. The zero-order valence-corrected chi connectivity index (χ0v) is 12.2. The summed E-state index contributed by atoms with van der Waals surface area (Å²) in [6.07, 6.45) is 3.50. The molecule has 0 saturated heterocycles. The molecule has 4 nitrogen and oxygen atoms in total. The average Bonchev–Trinajstić information content (AvgIpc) is 2.37. The molecule has 1 rings (SSSR count). The van der Waals surface area contributed by atoms with Gasteiger partial charge in [-0.1, -0.05) is 6.07 Å². The molecule has 0 unspecified atom stereocenters. The van der Waals surface area contributed by atoms with Crippen molar-refractivity contribution in [2.24, 2.45) is 0 Å². The van der Waals surface area contributed by atoms with Crippen molar-refractivity contribution < 1.29 is 9.47 Å². The summed E-state index contributed by atoms with van der Waals surface area (Å²) in [4.78, 5) is 0. The zero-order chi connectivity index (χ0) is 14.1. The van der Waals surface area contributed by atoms with Crippen LogP contribution in [0.5, 0.6) is 5.75 Å². The third kappa shape index (κ3) is 5.83. The lowest BCUT2D eigenvalue weighted by molar-refractivity contribution is 0.192. The molecular weight excluding hydrogens is 240 g/mol. The predicted molar refractivity (Wildman–Crippen MR) is 80.8 cm³/mol. The molecule has 0 radical (unpaired) electrons. The number of anilines is 2. The number of ether oxygens (including phenoxy) is 2. The van der Waals surface area contributed by atoms with E-state index in [1.54, 1.807) is 7.11 Å². The summed E-state index contributed by atoms with van der Waals surface area (Å²) < 4.78 is 10.7. The number of hydrogen-bond acceptors (Lipinski definition) is 4. The Bertz CT molecular complexity index is 367. The van der Waals surface area contributed by atoms with E-state index >= 15 is 0 Å². The highest BCUT2D eigenvalue weighted by atomic mass is 16.5. The molecule has 0 aliphatic carbocycles. The Balaban J connectivity index is 2.41. The van der Waals surface area contributed by atoms with E-state index in [9.17, 15) is 0 Å². The third-order valence-corrected chi connectivity index (χ3v) is 2.77. The molecule has 1 aromatic rings. The first-order chi connectivity index (χ1) is 9.15. The highest BCUT2D eigenvalue weighted by Gasteiger charge is 2.06. The number of unbranched alkanes of at least 4 members (excludes halogenated alkanes) is 2. The molecule has 3 N–H and O–H groups in total. The van der Waals surface area contributed by atoms with Gasteiger partial charge in [0, 0.05) is 20.3 Å². The Morgan fingerprint density at radius 3 is 2.68 bits per heavy atom. The van der Waals surface area contributed by atoms with Gasteiger partial charge in [-0.2, -0.15) is 0 Å². The van der Waals surface area contributed by atoms with Crippen molar-refractivity contribution in [1.29, 1.82) is 0 Å². The normalized spacial score (nSPS) is 10.7. The Hall–Kier alpha value is -1.42. The van der Waals surface area contributed by atoms with Crippen LogP contribution in [0.1, 0.15) is 33.1 Å². The smallest absolute Gasteiger partial charge is 0.144 e. The summed E-state index contributed by atoms with van der Waals surface area (Å²) in [6.45, 7) is 5.74. The molecule has 0 saturated carbocycles. The van der Waals surface area contributed by atoms with Crippen molar-refractivity contribution in [1.82, 2.24) is 0 Å². The molecule has 0 fully saturated rings. The van der Waals surface area contributed by atoms with E-state index in [0.717, 1.165) is 43.9 Å². The second kappa shape index (κ2) is 8.64. The van der Waals surface area contributed by atoms with Gasteiger partial charge in [0.25, 0.3) is 0 Å². The lowest BCUT2D eigenvalue weighted by atomic mass is 10.2. The van der Waals surface area contributed by atoms with Crippen LogP contribution in [0.4, 0.5) is 11.4 Å². The van der Waals surface area contributed by atoms with Crippen molar-refractivity contribution in [2.45, 2.75) is 39.2 Å². The number of nitrogens with two attached hydrogens (primary N) is 1. The number of nitrogen functional groups attached to an aromatic ring is 1. The van der Waals surface area contributed by atoms with E-state index < -0.39 is 0 Å². The number of para-hydroxylation sites is 1. The second-order valence-electron chi connectivity index (χ2n) is 4.86. The van der Waals surface area contributed by atoms with E-state index in [1.807, 2.05) is 32.0 Å². The van der Waals surface area contributed by atoms with Crippen molar-refractivity contribution in [2.75, 3.05) is 31.3 Å².